The first-order valence-electron chi connectivity index (χ1n) is 10.8. The second-order valence-corrected chi connectivity index (χ2v) is 8.30. The number of carbonyl (C=O) groups excluding carboxylic acids is 1. The SMILES string of the molecule is COc1cc(C)c(N2NC3C(CC2=O)NNC3c2ccc(N3CCNCC3)cc2)cn1. The summed E-state index contributed by atoms with van der Waals surface area (Å²) in [6.07, 6.45) is 2.10. The number of pyridine rings is 1. The van der Waals surface area contributed by atoms with E-state index in [1.807, 2.05) is 13.0 Å². The number of anilines is 2. The van der Waals surface area contributed by atoms with E-state index in [2.05, 4.69) is 55.7 Å². The van der Waals surface area contributed by atoms with Gasteiger partial charge in [0.25, 0.3) is 0 Å². The highest BCUT2D eigenvalue weighted by molar-refractivity contribution is 5.94. The Kier molecular flexibility index (Phi) is 5.49. The highest BCUT2D eigenvalue weighted by atomic mass is 16.5. The molecule has 3 aliphatic heterocycles. The predicted molar refractivity (Wildman–Crippen MR) is 119 cm³/mol. The number of nitrogens with one attached hydrogen (secondary N) is 4. The van der Waals surface area contributed by atoms with Crippen molar-refractivity contribution < 1.29 is 9.53 Å². The van der Waals surface area contributed by atoms with Gasteiger partial charge in [-0.05, 0) is 30.2 Å². The lowest BCUT2D eigenvalue weighted by Gasteiger charge is -2.37. The highest BCUT2D eigenvalue weighted by Crippen LogP contribution is 2.32. The van der Waals surface area contributed by atoms with Gasteiger partial charge in [0.05, 0.1) is 31.1 Å². The van der Waals surface area contributed by atoms with Crippen LogP contribution in [0.15, 0.2) is 36.5 Å². The molecule has 3 fully saturated rings. The summed E-state index contributed by atoms with van der Waals surface area (Å²) in [4.78, 5) is 19.5. The number of piperazine rings is 1. The van der Waals surface area contributed by atoms with Crippen LogP contribution in [0, 0.1) is 6.92 Å². The summed E-state index contributed by atoms with van der Waals surface area (Å²) in [6, 6.07) is 10.7. The van der Waals surface area contributed by atoms with Gasteiger partial charge in [-0.25, -0.2) is 20.8 Å². The fourth-order valence-electron chi connectivity index (χ4n) is 4.63. The minimum Gasteiger partial charge on any atom is -0.481 e. The molecule has 0 saturated carbocycles. The van der Waals surface area contributed by atoms with Crippen molar-refractivity contribution in [2.75, 3.05) is 43.2 Å². The molecule has 0 aliphatic carbocycles. The van der Waals surface area contributed by atoms with Gasteiger partial charge in [0.15, 0.2) is 0 Å². The molecule has 3 aliphatic rings. The van der Waals surface area contributed by atoms with E-state index >= 15 is 0 Å². The van der Waals surface area contributed by atoms with E-state index < -0.39 is 0 Å². The van der Waals surface area contributed by atoms with Crippen molar-refractivity contribution in [3.8, 4) is 5.88 Å². The van der Waals surface area contributed by atoms with Gasteiger partial charge in [-0.1, -0.05) is 12.1 Å². The maximum Gasteiger partial charge on any atom is 0.243 e. The number of amides is 1. The smallest absolute Gasteiger partial charge is 0.243 e. The molecule has 0 bridgehead atoms. The van der Waals surface area contributed by atoms with Crippen LogP contribution in [0.1, 0.15) is 23.6 Å². The van der Waals surface area contributed by atoms with Crippen molar-refractivity contribution in [3.05, 3.63) is 47.7 Å². The summed E-state index contributed by atoms with van der Waals surface area (Å²) < 4.78 is 5.20. The molecular weight excluding hydrogens is 394 g/mol. The Morgan fingerprint density at radius 2 is 1.90 bits per heavy atom. The summed E-state index contributed by atoms with van der Waals surface area (Å²) >= 11 is 0. The molecule has 0 spiro atoms. The van der Waals surface area contributed by atoms with Gasteiger partial charge < -0.3 is 15.0 Å². The number of benzene rings is 1. The fourth-order valence-corrected chi connectivity index (χ4v) is 4.63. The van der Waals surface area contributed by atoms with E-state index in [0.717, 1.165) is 37.4 Å². The first kappa shape index (κ1) is 20.2. The van der Waals surface area contributed by atoms with Crippen molar-refractivity contribution in [2.45, 2.75) is 31.5 Å². The van der Waals surface area contributed by atoms with E-state index in [9.17, 15) is 4.79 Å². The first-order valence-corrected chi connectivity index (χ1v) is 10.8. The molecule has 3 atom stereocenters. The molecule has 1 amide bonds. The van der Waals surface area contributed by atoms with Crippen molar-refractivity contribution >= 4 is 17.3 Å². The van der Waals surface area contributed by atoms with Crippen LogP contribution in [0.4, 0.5) is 11.4 Å². The van der Waals surface area contributed by atoms with Crippen LogP contribution in [0.5, 0.6) is 5.88 Å². The van der Waals surface area contributed by atoms with Crippen LogP contribution in [-0.2, 0) is 4.79 Å². The number of carbonyl (C=O) groups is 1. The maximum absolute atomic E-state index is 12.8. The molecule has 1 aromatic heterocycles. The number of hydrazine groups is 2. The summed E-state index contributed by atoms with van der Waals surface area (Å²) in [5.74, 6) is 0.551. The molecule has 164 valence electrons. The third-order valence-electron chi connectivity index (χ3n) is 6.38. The van der Waals surface area contributed by atoms with Crippen LogP contribution < -0.4 is 36.2 Å². The lowest BCUT2D eigenvalue weighted by molar-refractivity contribution is -0.121. The van der Waals surface area contributed by atoms with Gasteiger partial charge in [0.2, 0.25) is 11.8 Å². The average Bonchev–Trinajstić information content (AvgIpc) is 3.22. The van der Waals surface area contributed by atoms with E-state index in [1.165, 1.54) is 11.3 Å². The van der Waals surface area contributed by atoms with Crippen molar-refractivity contribution in [1.82, 2.24) is 26.6 Å². The van der Waals surface area contributed by atoms with Crippen LogP contribution in [0.25, 0.3) is 0 Å². The Bertz CT molecular complexity index is 945. The summed E-state index contributed by atoms with van der Waals surface area (Å²) in [5.41, 5.74) is 14.3. The van der Waals surface area contributed by atoms with E-state index in [1.54, 1.807) is 18.3 Å². The molecule has 2 aromatic rings. The number of aromatic nitrogens is 1. The molecule has 4 heterocycles. The van der Waals surface area contributed by atoms with Crippen molar-refractivity contribution in [1.29, 1.82) is 0 Å². The number of methoxy groups -OCH3 is 1. The van der Waals surface area contributed by atoms with E-state index in [0.29, 0.717) is 12.3 Å². The zero-order valence-corrected chi connectivity index (χ0v) is 17.9. The van der Waals surface area contributed by atoms with Crippen LogP contribution in [0.2, 0.25) is 0 Å². The molecule has 4 N–H and O–H groups in total. The van der Waals surface area contributed by atoms with Gasteiger partial charge in [-0.15, -0.1) is 0 Å². The van der Waals surface area contributed by atoms with Gasteiger partial charge in [0, 0.05) is 50.4 Å². The third-order valence-corrected chi connectivity index (χ3v) is 6.38. The maximum atomic E-state index is 12.8. The third kappa shape index (κ3) is 3.85. The Morgan fingerprint density at radius 1 is 1.13 bits per heavy atom. The number of ether oxygens (including phenoxy) is 1. The van der Waals surface area contributed by atoms with E-state index in [-0.39, 0.29) is 24.0 Å². The lowest BCUT2D eigenvalue weighted by Crippen LogP contribution is -2.60. The normalized spacial score (nSPS) is 26.1. The van der Waals surface area contributed by atoms with Crippen LogP contribution >= 0.6 is 0 Å². The molecule has 0 radical (unpaired) electrons. The molecule has 3 saturated heterocycles. The molecule has 1 aromatic carbocycles. The molecule has 9 heteroatoms. The first-order chi connectivity index (χ1) is 15.1. The second kappa shape index (κ2) is 8.43. The predicted octanol–water partition coefficient (Wildman–Crippen LogP) is 0.636. The topological polar surface area (TPSA) is 93.8 Å². The summed E-state index contributed by atoms with van der Waals surface area (Å²) in [6.45, 7) is 6.06. The molecule has 3 unspecified atom stereocenters. The largest absolute Gasteiger partial charge is 0.481 e. The standard InChI is InChI=1S/C22H29N7O2/c1-14-11-19(31-2)24-13-18(14)29-20(30)12-17-22(27-29)21(26-25-17)15-3-5-16(6-4-15)28-9-7-23-8-10-28/h3-6,11,13,17,21-23,25-27H,7-10,12H2,1-2H3. The van der Waals surface area contributed by atoms with Crippen molar-refractivity contribution in [3.63, 3.8) is 0 Å². The fraction of sp³-hybridized carbons (Fsp3) is 0.455. The highest BCUT2D eigenvalue weighted by Gasteiger charge is 2.44. The summed E-state index contributed by atoms with van der Waals surface area (Å²) in [5, 5.41) is 5.03. The Hall–Kier alpha value is -2.72. The van der Waals surface area contributed by atoms with Crippen molar-refractivity contribution in [2.24, 2.45) is 0 Å². The van der Waals surface area contributed by atoms with Gasteiger partial charge in [0.1, 0.15) is 0 Å². The molecular formula is C22H29N7O2. The zero-order valence-electron chi connectivity index (χ0n) is 17.9. The van der Waals surface area contributed by atoms with Gasteiger partial charge in [-0.2, -0.15) is 0 Å². The Labute approximate surface area is 182 Å². The zero-order chi connectivity index (χ0) is 21.4. The monoisotopic (exact) mass is 423 g/mol. The Morgan fingerprint density at radius 3 is 2.61 bits per heavy atom. The van der Waals surface area contributed by atoms with E-state index in [4.69, 9.17) is 4.74 Å². The minimum atomic E-state index is 0.0142. The summed E-state index contributed by atoms with van der Waals surface area (Å²) in [7, 11) is 1.59. The molecule has 31 heavy (non-hydrogen) atoms. The second-order valence-electron chi connectivity index (χ2n) is 8.30. The number of fused-ring (bicyclic) bond motifs is 1. The number of aryl methyl sites for hydroxylation is 1. The number of nitrogens with zero attached hydrogens (tertiary/aromatic N) is 3. The van der Waals surface area contributed by atoms with Crippen LogP contribution in [-0.4, -0.2) is 56.3 Å². The van der Waals surface area contributed by atoms with Gasteiger partial charge in [-0.3, -0.25) is 10.2 Å². The van der Waals surface area contributed by atoms with Crippen LogP contribution in [0.3, 0.4) is 0 Å². The van der Waals surface area contributed by atoms with Gasteiger partial charge >= 0.3 is 0 Å². The molecule has 5 rings (SSSR count). The average molecular weight is 424 g/mol. The molecule has 9 nitrogen and oxygen atoms in total. The quantitative estimate of drug-likeness (QED) is 0.569. The minimum absolute atomic E-state index is 0.0142. The number of hydrogen-bond donors (Lipinski definition) is 4. The number of hydrogen-bond acceptors (Lipinski definition) is 8. The Balaban J connectivity index is 1.35. The lowest BCUT2D eigenvalue weighted by atomic mass is 9.93. The number of rotatable bonds is 4.